The molecule has 4 aromatic rings. The van der Waals surface area contributed by atoms with Crippen LogP contribution in [0.2, 0.25) is 0 Å². The Labute approximate surface area is 176 Å². The van der Waals surface area contributed by atoms with Gasteiger partial charge in [0.25, 0.3) is 11.9 Å². The van der Waals surface area contributed by atoms with Crippen molar-refractivity contribution in [2.75, 3.05) is 11.1 Å². The number of nitrogens with one attached hydrogen (secondary N) is 1. The van der Waals surface area contributed by atoms with E-state index in [0.717, 1.165) is 0 Å². The lowest BCUT2D eigenvalue weighted by molar-refractivity contribution is 0.0636. The van der Waals surface area contributed by atoms with Gasteiger partial charge in [-0.15, -0.1) is 0 Å². The number of hydrogen-bond acceptors (Lipinski definition) is 11. The molecule has 4 rings (SSSR count). The lowest BCUT2D eigenvalue weighted by atomic mass is 10.2. The molecule has 160 valence electrons. The molecule has 0 saturated carbocycles. The van der Waals surface area contributed by atoms with E-state index < -0.39 is 11.7 Å². The van der Waals surface area contributed by atoms with Crippen molar-refractivity contribution >= 4 is 17.5 Å². The fourth-order valence-electron chi connectivity index (χ4n) is 2.00. The van der Waals surface area contributed by atoms with Crippen LogP contribution >= 0.6 is 0 Å². The van der Waals surface area contributed by atoms with Gasteiger partial charge in [0.1, 0.15) is 30.9 Å². The van der Waals surface area contributed by atoms with Crippen molar-refractivity contribution in [1.82, 2.24) is 49.5 Å². The molecule has 0 aliphatic carbocycles. The van der Waals surface area contributed by atoms with Gasteiger partial charge >= 0.3 is 6.09 Å². The van der Waals surface area contributed by atoms with Crippen molar-refractivity contribution in [2.45, 2.75) is 26.4 Å². The fraction of sp³-hybridized carbons (Fsp3) is 0.235. The number of hydrogen-bond donors (Lipinski definition) is 2. The summed E-state index contributed by atoms with van der Waals surface area (Å²) in [6, 6.07) is 0. The summed E-state index contributed by atoms with van der Waals surface area (Å²) in [6.07, 6.45) is 11.2. The zero-order chi connectivity index (χ0) is 22.3. The van der Waals surface area contributed by atoms with Crippen LogP contribution < -0.4 is 11.1 Å². The molecule has 0 aliphatic heterocycles. The van der Waals surface area contributed by atoms with Gasteiger partial charge < -0.3 is 10.5 Å². The SMILES string of the molecule is CC(C)(C)OC(=O)Nc1cnc(-n2cncn2)nc1.Nc1cnc(-n2cncn2)nc1. The first-order valence-corrected chi connectivity index (χ1v) is 8.90. The Bertz CT molecular complexity index is 1070. The molecular weight excluding hydrogens is 404 g/mol. The van der Waals surface area contributed by atoms with E-state index in [1.54, 1.807) is 20.8 Å². The van der Waals surface area contributed by atoms with Crippen molar-refractivity contribution in [3.05, 3.63) is 50.1 Å². The average Bonchev–Trinajstić information content (AvgIpc) is 3.43. The number of rotatable bonds is 3. The number of carbonyl (C=O) groups excluding carboxylic acids is 1. The minimum atomic E-state index is -0.551. The highest BCUT2D eigenvalue weighted by Gasteiger charge is 2.16. The van der Waals surface area contributed by atoms with E-state index in [4.69, 9.17) is 10.5 Å². The van der Waals surface area contributed by atoms with Crippen LogP contribution in [0.1, 0.15) is 20.8 Å². The van der Waals surface area contributed by atoms with Gasteiger partial charge in [-0.2, -0.15) is 19.6 Å². The molecule has 0 aliphatic rings. The smallest absolute Gasteiger partial charge is 0.412 e. The van der Waals surface area contributed by atoms with Gasteiger partial charge in [0.15, 0.2) is 0 Å². The maximum Gasteiger partial charge on any atom is 0.412 e. The van der Waals surface area contributed by atoms with E-state index in [2.05, 4.69) is 45.4 Å². The van der Waals surface area contributed by atoms with Gasteiger partial charge in [-0.3, -0.25) is 5.32 Å². The number of anilines is 2. The molecule has 0 fully saturated rings. The molecule has 0 radical (unpaired) electrons. The normalized spacial score (nSPS) is 10.7. The number of nitrogen functional groups attached to an aromatic ring is 1. The molecule has 0 unspecified atom stereocenters. The number of aromatic nitrogens is 10. The minimum Gasteiger partial charge on any atom is -0.444 e. The Morgan fingerprint density at radius 2 is 1.39 bits per heavy atom. The Kier molecular flexibility index (Phi) is 6.39. The van der Waals surface area contributed by atoms with Gasteiger partial charge in [-0.05, 0) is 20.8 Å². The van der Waals surface area contributed by atoms with Gasteiger partial charge in [-0.25, -0.2) is 34.7 Å². The van der Waals surface area contributed by atoms with E-state index in [-0.39, 0.29) is 0 Å². The summed E-state index contributed by atoms with van der Waals surface area (Å²) in [5.41, 5.74) is 5.83. The highest BCUT2D eigenvalue weighted by molar-refractivity contribution is 5.84. The molecule has 1 amide bonds. The quantitative estimate of drug-likeness (QED) is 0.480. The van der Waals surface area contributed by atoms with Gasteiger partial charge in [-0.1, -0.05) is 0 Å². The molecule has 0 spiro atoms. The van der Waals surface area contributed by atoms with E-state index in [1.165, 1.54) is 59.5 Å². The Morgan fingerprint density at radius 3 is 1.81 bits per heavy atom. The second-order valence-electron chi connectivity index (χ2n) is 6.90. The average molecular weight is 424 g/mol. The summed E-state index contributed by atoms with van der Waals surface area (Å²) in [5, 5.41) is 10.3. The molecule has 3 N–H and O–H groups in total. The van der Waals surface area contributed by atoms with E-state index in [0.29, 0.717) is 23.3 Å². The Hall–Kier alpha value is -4.49. The first-order chi connectivity index (χ1) is 14.8. The first kappa shape index (κ1) is 21.2. The Balaban J connectivity index is 0.000000194. The fourth-order valence-corrected chi connectivity index (χ4v) is 2.00. The summed E-state index contributed by atoms with van der Waals surface area (Å²) in [7, 11) is 0. The maximum atomic E-state index is 11.5. The highest BCUT2D eigenvalue weighted by atomic mass is 16.6. The summed E-state index contributed by atoms with van der Waals surface area (Å²) in [6.45, 7) is 5.37. The molecule has 0 bridgehead atoms. The lowest BCUT2D eigenvalue weighted by Crippen LogP contribution is -2.27. The summed E-state index contributed by atoms with van der Waals surface area (Å²) in [5.74, 6) is 0.828. The van der Waals surface area contributed by atoms with Crippen molar-refractivity contribution in [3.8, 4) is 11.9 Å². The number of ether oxygens (including phenoxy) is 1. The second kappa shape index (κ2) is 9.34. The topological polar surface area (TPSA) is 177 Å². The molecule has 0 saturated heterocycles. The van der Waals surface area contributed by atoms with Crippen molar-refractivity contribution in [1.29, 1.82) is 0 Å². The van der Waals surface area contributed by atoms with E-state index >= 15 is 0 Å². The number of nitrogens with two attached hydrogens (primary N) is 1. The van der Waals surface area contributed by atoms with Crippen LogP contribution in [0.3, 0.4) is 0 Å². The van der Waals surface area contributed by atoms with Crippen LogP contribution in [0.15, 0.2) is 50.1 Å². The number of amides is 1. The van der Waals surface area contributed by atoms with Crippen molar-refractivity contribution < 1.29 is 9.53 Å². The molecule has 0 aromatic carbocycles. The number of nitrogens with zero attached hydrogens (tertiary/aromatic N) is 10. The van der Waals surface area contributed by atoms with E-state index in [1.807, 2.05) is 0 Å². The third-order valence-corrected chi connectivity index (χ3v) is 3.19. The summed E-state index contributed by atoms with van der Waals surface area (Å²) < 4.78 is 7.98. The standard InChI is InChI=1S/C11H14N6O2.C6H6N6/c1-11(2,3)19-10(18)16-8-4-13-9(14-5-8)17-7-12-6-15-17;7-5-1-9-6(10-2-5)12-4-8-3-11-12/h4-7H,1-3H3,(H,16,18);1-4H,7H2. The predicted octanol–water partition coefficient (Wildman–Crippen LogP) is 1.04. The molecule has 4 heterocycles. The van der Waals surface area contributed by atoms with Crippen LogP contribution in [-0.2, 0) is 4.74 Å². The number of carbonyl (C=O) groups is 1. The van der Waals surface area contributed by atoms with Crippen LogP contribution in [0, 0.1) is 0 Å². The molecule has 31 heavy (non-hydrogen) atoms. The van der Waals surface area contributed by atoms with Gasteiger partial charge in [0, 0.05) is 0 Å². The molecule has 0 atom stereocenters. The zero-order valence-electron chi connectivity index (χ0n) is 17.0. The van der Waals surface area contributed by atoms with Crippen LogP contribution in [0.25, 0.3) is 11.9 Å². The molecule has 14 nitrogen and oxygen atoms in total. The monoisotopic (exact) mass is 424 g/mol. The minimum absolute atomic E-state index is 0.368. The molecule has 14 heteroatoms. The van der Waals surface area contributed by atoms with Gasteiger partial charge in [0.2, 0.25) is 0 Å². The largest absolute Gasteiger partial charge is 0.444 e. The maximum absolute atomic E-state index is 11.5. The summed E-state index contributed by atoms with van der Waals surface area (Å²) >= 11 is 0. The van der Waals surface area contributed by atoms with Crippen LogP contribution in [0.4, 0.5) is 16.2 Å². The molecule has 4 aromatic heterocycles. The molecular formula is C17H20N12O2. The predicted molar refractivity (Wildman–Crippen MR) is 108 cm³/mol. The van der Waals surface area contributed by atoms with Crippen LogP contribution in [-0.4, -0.2) is 61.2 Å². The van der Waals surface area contributed by atoms with Crippen molar-refractivity contribution in [3.63, 3.8) is 0 Å². The van der Waals surface area contributed by atoms with Crippen LogP contribution in [0.5, 0.6) is 0 Å². The zero-order valence-corrected chi connectivity index (χ0v) is 17.0. The lowest BCUT2D eigenvalue weighted by Gasteiger charge is -2.19. The summed E-state index contributed by atoms with van der Waals surface area (Å²) in [4.78, 5) is 35.1. The van der Waals surface area contributed by atoms with Crippen molar-refractivity contribution in [2.24, 2.45) is 0 Å². The highest BCUT2D eigenvalue weighted by Crippen LogP contribution is 2.10. The second-order valence-corrected chi connectivity index (χ2v) is 6.90. The van der Waals surface area contributed by atoms with Gasteiger partial charge in [0.05, 0.1) is 36.2 Å². The third-order valence-electron chi connectivity index (χ3n) is 3.19. The Morgan fingerprint density at radius 1 is 0.903 bits per heavy atom. The third kappa shape index (κ3) is 6.52. The first-order valence-electron chi connectivity index (χ1n) is 8.90. The van der Waals surface area contributed by atoms with E-state index in [9.17, 15) is 4.79 Å².